The predicted octanol–water partition coefficient (Wildman–Crippen LogP) is 0.0379. The molecular weight excluding hydrogens is 140 g/mol. The Hall–Kier alpha value is -0.120. The molecule has 0 spiro atoms. The van der Waals surface area contributed by atoms with Crippen LogP contribution in [-0.2, 0) is 0 Å². The van der Waals surface area contributed by atoms with Gasteiger partial charge in [0.1, 0.15) is 0 Å². The molecule has 0 amide bonds. The summed E-state index contributed by atoms with van der Waals surface area (Å²) in [4.78, 5) is 2.12. The van der Waals surface area contributed by atoms with Crippen LogP contribution in [0.1, 0.15) is 20.3 Å². The van der Waals surface area contributed by atoms with Crippen LogP contribution in [0.2, 0.25) is 0 Å². The van der Waals surface area contributed by atoms with Gasteiger partial charge in [-0.15, -0.1) is 0 Å². The highest BCUT2D eigenvalue weighted by Gasteiger charge is 2.21. The third kappa shape index (κ3) is 3.70. The van der Waals surface area contributed by atoms with Gasteiger partial charge in [0.25, 0.3) is 0 Å². The molecule has 0 aromatic rings. The Morgan fingerprint density at radius 1 is 1.45 bits per heavy atom. The van der Waals surface area contributed by atoms with Crippen LogP contribution >= 0.6 is 0 Å². The zero-order valence-corrected chi connectivity index (χ0v) is 7.80. The van der Waals surface area contributed by atoms with Crippen molar-refractivity contribution in [1.29, 1.82) is 0 Å². The third-order valence-corrected chi connectivity index (χ3v) is 2.12. The number of likely N-dealkylation sites (N-methyl/N-ethyl adjacent to an activating group) is 1. The first-order valence-corrected chi connectivity index (χ1v) is 4.07. The van der Waals surface area contributed by atoms with Gasteiger partial charge in [-0.1, -0.05) is 0 Å². The fourth-order valence-electron chi connectivity index (χ4n) is 0.752. The molecule has 11 heavy (non-hydrogen) atoms. The van der Waals surface area contributed by atoms with E-state index in [2.05, 4.69) is 4.90 Å². The molecule has 0 unspecified atom stereocenters. The second-order valence-corrected chi connectivity index (χ2v) is 3.53. The lowest BCUT2D eigenvalue weighted by atomic mass is 10.1. The van der Waals surface area contributed by atoms with Crippen molar-refractivity contribution in [3.8, 4) is 0 Å². The highest BCUT2D eigenvalue weighted by atomic mass is 16.3. The van der Waals surface area contributed by atoms with Crippen LogP contribution in [0.4, 0.5) is 0 Å². The smallest absolute Gasteiger partial charge is 0.0609 e. The van der Waals surface area contributed by atoms with Gasteiger partial charge < -0.3 is 10.8 Å². The van der Waals surface area contributed by atoms with Gasteiger partial charge in [-0.25, -0.2) is 0 Å². The van der Waals surface area contributed by atoms with Crippen LogP contribution in [0, 0.1) is 0 Å². The summed E-state index contributed by atoms with van der Waals surface area (Å²) in [5, 5.41) is 8.99. The first-order valence-electron chi connectivity index (χ1n) is 4.07. The summed E-state index contributed by atoms with van der Waals surface area (Å²) in [7, 11) is 2.01. The van der Waals surface area contributed by atoms with Gasteiger partial charge in [-0.05, 0) is 40.4 Å². The lowest BCUT2D eigenvalue weighted by Crippen LogP contribution is -2.44. The standard InChI is InChI=1S/C8H20N2O/c1-8(2,7-11)10(3)6-4-5-9/h11H,4-7,9H2,1-3H3. The van der Waals surface area contributed by atoms with Crippen molar-refractivity contribution in [1.82, 2.24) is 4.90 Å². The molecule has 3 N–H and O–H groups in total. The van der Waals surface area contributed by atoms with Gasteiger partial charge in [0.15, 0.2) is 0 Å². The summed E-state index contributed by atoms with van der Waals surface area (Å²) in [5.74, 6) is 0. The highest BCUT2D eigenvalue weighted by molar-refractivity contribution is 4.77. The van der Waals surface area contributed by atoms with E-state index in [-0.39, 0.29) is 12.1 Å². The third-order valence-electron chi connectivity index (χ3n) is 2.12. The quantitative estimate of drug-likeness (QED) is 0.597. The molecule has 0 fully saturated rings. The first kappa shape index (κ1) is 10.9. The maximum absolute atomic E-state index is 8.99. The van der Waals surface area contributed by atoms with Crippen molar-refractivity contribution in [2.24, 2.45) is 5.73 Å². The molecular formula is C8H20N2O. The Morgan fingerprint density at radius 2 is 2.00 bits per heavy atom. The number of hydrogen-bond acceptors (Lipinski definition) is 3. The van der Waals surface area contributed by atoms with Crippen LogP contribution in [0.5, 0.6) is 0 Å². The minimum absolute atomic E-state index is 0.116. The topological polar surface area (TPSA) is 49.5 Å². The Bertz CT molecular complexity index is 104. The van der Waals surface area contributed by atoms with E-state index in [1.54, 1.807) is 0 Å². The van der Waals surface area contributed by atoms with Gasteiger partial charge in [0.2, 0.25) is 0 Å². The zero-order valence-electron chi connectivity index (χ0n) is 7.80. The van der Waals surface area contributed by atoms with Crippen LogP contribution in [-0.4, -0.2) is 42.3 Å². The molecule has 0 heterocycles. The van der Waals surface area contributed by atoms with Crippen molar-refractivity contribution < 1.29 is 5.11 Å². The molecule has 0 aliphatic carbocycles. The van der Waals surface area contributed by atoms with Crippen molar-refractivity contribution in [2.45, 2.75) is 25.8 Å². The molecule has 0 radical (unpaired) electrons. The largest absolute Gasteiger partial charge is 0.394 e. The average molecular weight is 160 g/mol. The fraction of sp³-hybridized carbons (Fsp3) is 1.00. The molecule has 0 aliphatic heterocycles. The van der Waals surface area contributed by atoms with Crippen molar-refractivity contribution in [3.63, 3.8) is 0 Å². The number of nitrogens with two attached hydrogens (primary N) is 1. The maximum atomic E-state index is 8.99. The van der Waals surface area contributed by atoms with Crippen LogP contribution < -0.4 is 5.73 Å². The summed E-state index contributed by atoms with van der Waals surface area (Å²) in [6.07, 6.45) is 0.986. The Labute approximate surface area is 69.2 Å². The number of aliphatic hydroxyl groups is 1. The molecule has 68 valence electrons. The van der Waals surface area contributed by atoms with E-state index in [9.17, 15) is 0 Å². The summed E-state index contributed by atoms with van der Waals surface area (Å²) in [5.41, 5.74) is 5.26. The van der Waals surface area contributed by atoms with Crippen molar-refractivity contribution in [2.75, 3.05) is 26.7 Å². The van der Waals surface area contributed by atoms with E-state index in [1.807, 2.05) is 20.9 Å². The van der Waals surface area contributed by atoms with Gasteiger partial charge in [-0.2, -0.15) is 0 Å². The minimum atomic E-state index is -0.116. The number of aliphatic hydroxyl groups excluding tert-OH is 1. The summed E-state index contributed by atoms with van der Waals surface area (Å²) in [6.45, 7) is 5.89. The number of rotatable bonds is 5. The van der Waals surface area contributed by atoms with Gasteiger partial charge in [0.05, 0.1) is 6.61 Å². The minimum Gasteiger partial charge on any atom is -0.394 e. The van der Waals surface area contributed by atoms with E-state index in [1.165, 1.54) is 0 Å². The number of nitrogens with zero attached hydrogens (tertiary/aromatic N) is 1. The van der Waals surface area contributed by atoms with E-state index in [0.29, 0.717) is 6.54 Å². The Morgan fingerprint density at radius 3 is 2.36 bits per heavy atom. The van der Waals surface area contributed by atoms with Crippen molar-refractivity contribution >= 4 is 0 Å². The van der Waals surface area contributed by atoms with Gasteiger partial charge in [-0.3, -0.25) is 4.90 Å². The van der Waals surface area contributed by atoms with Crippen molar-refractivity contribution in [3.05, 3.63) is 0 Å². The highest BCUT2D eigenvalue weighted by Crippen LogP contribution is 2.10. The molecule has 3 heteroatoms. The normalized spacial score (nSPS) is 12.5. The molecule has 0 aliphatic rings. The van der Waals surface area contributed by atoms with Crippen LogP contribution in [0.15, 0.2) is 0 Å². The Balaban J connectivity index is 3.71. The molecule has 3 nitrogen and oxygen atoms in total. The molecule has 0 saturated heterocycles. The number of hydrogen-bond donors (Lipinski definition) is 2. The molecule has 0 bridgehead atoms. The van der Waals surface area contributed by atoms with Crippen LogP contribution in [0.3, 0.4) is 0 Å². The molecule has 0 saturated carbocycles. The molecule has 0 atom stereocenters. The lowest BCUT2D eigenvalue weighted by molar-refractivity contribution is 0.0787. The zero-order chi connectivity index (χ0) is 8.91. The summed E-state index contributed by atoms with van der Waals surface area (Å²) in [6, 6.07) is 0. The second kappa shape index (κ2) is 4.70. The summed E-state index contributed by atoms with van der Waals surface area (Å²) >= 11 is 0. The van der Waals surface area contributed by atoms with Gasteiger partial charge in [0, 0.05) is 5.54 Å². The molecule has 0 aromatic heterocycles. The monoisotopic (exact) mass is 160 g/mol. The maximum Gasteiger partial charge on any atom is 0.0609 e. The Kier molecular flexibility index (Phi) is 4.65. The van der Waals surface area contributed by atoms with E-state index in [4.69, 9.17) is 10.8 Å². The summed E-state index contributed by atoms with van der Waals surface area (Å²) < 4.78 is 0. The van der Waals surface area contributed by atoms with Gasteiger partial charge >= 0.3 is 0 Å². The van der Waals surface area contributed by atoms with E-state index >= 15 is 0 Å². The fourth-order valence-corrected chi connectivity index (χ4v) is 0.752. The van der Waals surface area contributed by atoms with E-state index in [0.717, 1.165) is 13.0 Å². The molecule has 0 rings (SSSR count). The van der Waals surface area contributed by atoms with Crippen LogP contribution in [0.25, 0.3) is 0 Å². The second-order valence-electron chi connectivity index (χ2n) is 3.53. The van der Waals surface area contributed by atoms with E-state index < -0.39 is 0 Å². The predicted molar refractivity (Wildman–Crippen MR) is 47.5 cm³/mol. The lowest BCUT2D eigenvalue weighted by Gasteiger charge is -2.33. The average Bonchev–Trinajstić information content (AvgIpc) is 2.00. The first-order chi connectivity index (χ1) is 5.04. The SMILES string of the molecule is CN(CCCN)C(C)(C)CO. The molecule has 0 aromatic carbocycles.